The first-order valence-electron chi connectivity index (χ1n) is 6.67. The zero-order valence-corrected chi connectivity index (χ0v) is 11.6. The maximum absolute atomic E-state index is 5.98. The lowest BCUT2D eigenvalue weighted by molar-refractivity contribution is 0.940. The maximum atomic E-state index is 5.98. The number of rotatable bonds is 2. The summed E-state index contributed by atoms with van der Waals surface area (Å²) < 4.78 is 0. The van der Waals surface area contributed by atoms with Crippen LogP contribution in [0.15, 0.2) is 36.5 Å². The Bertz CT molecular complexity index is 781. The number of aromatic nitrogens is 3. The molecule has 0 aliphatic heterocycles. The Balaban J connectivity index is 2.22. The number of hydrogen-bond acceptors (Lipinski definition) is 4. The molecule has 0 spiro atoms. The molecule has 0 fully saturated rings. The van der Waals surface area contributed by atoms with Gasteiger partial charge in [0.1, 0.15) is 11.6 Å². The molecule has 0 atom stereocenters. The van der Waals surface area contributed by atoms with Crippen LogP contribution in [0.5, 0.6) is 0 Å². The van der Waals surface area contributed by atoms with E-state index in [0.717, 1.165) is 40.0 Å². The van der Waals surface area contributed by atoms with E-state index in [9.17, 15) is 0 Å². The van der Waals surface area contributed by atoms with E-state index in [1.54, 1.807) is 6.20 Å². The van der Waals surface area contributed by atoms with E-state index >= 15 is 0 Å². The highest BCUT2D eigenvalue weighted by Gasteiger charge is 2.10. The molecule has 0 aliphatic rings. The number of aryl methyl sites for hydroxylation is 1. The van der Waals surface area contributed by atoms with Gasteiger partial charge < -0.3 is 5.73 Å². The topological polar surface area (TPSA) is 64.7 Å². The number of anilines is 1. The van der Waals surface area contributed by atoms with Crippen molar-refractivity contribution in [1.29, 1.82) is 0 Å². The zero-order chi connectivity index (χ0) is 14.1. The summed E-state index contributed by atoms with van der Waals surface area (Å²) in [6.07, 6.45) is 2.56. The lowest BCUT2D eigenvalue weighted by Gasteiger charge is -2.10. The lowest BCUT2D eigenvalue weighted by atomic mass is 10.0. The van der Waals surface area contributed by atoms with Crippen LogP contribution in [0, 0.1) is 6.92 Å². The number of fused-ring (bicyclic) bond motifs is 1. The Hall–Kier alpha value is -2.49. The second-order valence-electron chi connectivity index (χ2n) is 4.76. The summed E-state index contributed by atoms with van der Waals surface area (Å²) in [7, 11) is 0. The van der Waals surface area contributed by atoms with Crippen LogP contribution < -0.4 is 5.73 Å². The number of pyridine rings is 1. The molecule has 0 unspecified atom stereocenters. The first kappa shape index (κ1) is 12.5. The van der Waals surface area contributed by atoms with E-state index in [4.69, 9.17) is 5.73 Å². The second-order valence-corrected chi connectivity index (χ2v) is 4.76. The highest BCUT2D eigenvalue weighted by Crippen LogP contribution is 2.26. The van der Waals surface area contributed by atoms with Gasteiger partial charge >= 0.3 is 0 Å². The Morgan fingerprint density at radius 1 is 1.15 bits per heavy atom. The van der Waals surface area contributed by atoms with Gasteiger partial charge in [0.2, 0.25) is 0 Å². The molecule has 2 N–H and O–H groups in total. The van der Waals surface area contributed by atoms with E-state index in [2.05, 4.69) is 27.1 Å². The van der Waals surface area contributed by atoms with Gasteiger partial charge in [0.05, 0.1) is 11.2 Å². The van der Waals surface area contributed by atoms with E-state index in [-0.39, 0.29) is 0 Å². The monoisotopic (exact) mass is 264 g/mol. The minimum Gasteiger partial charge on any atom is -0.383 e. The Kier molecular flexibility index (Phi) is 3.06. The summed E-state index contributed by atoms with van der Waals surface area (Å²) in [4.78, 5) is 13.3. The van der Waals surface area contributed by atoms with Gasteiger partial charge in [0.25, 0.3) is 0 Å². The average molecular weight is 264 g/mol. The normalized spacial score (nSPS) is 10.9. The first-order chi connectivity index (χ1) is 9.69. The van der Waals surface area contributed by atoms with Crippen LogP contribution in [0.2, 0.25) is 0 Å². The van der Waals surface area contributed by atoms with Crippen molar-refractivity contribution < 1.29 is 0 Å². The number of nitrogens with two attached hydrogens (primary N) is 1. The van der Waals surface area contributed by atoms with Crippen LogP contribution in [0.1, 0.15) is 18.3 Å². The number of benzene rings is 1. The smallest absolute Gasteiger partial charge is 0.131 e. The van der Waals surface area contributed by atoms with Gasteiger partial charge in [-0.1, -0.05) is 25.1 Å². The van der Waals surface area contributed by atoms with Crippen molar-refractivity contribution in [2.75, 3.05) is 5.73 Å². The molecule has 1 aromatic carbocycles. The van der Waals surface area contributed by atoms with E-state index in [1.165, 1.54) is 0 Å². The minimum absolute atomic E-state index is 0.549. The van der Waals surface area contributed by atoms with Gasteiger partial charge in [-0.3, -0.25) is 4.98 Å². The van der Waals surface area contributed by atoms with Crippen molar-refractivity contribution in [2.24, 2.45) is 0 Å². The molecule has 0 amide bonds. The number of hydrogen-bond donors (Lipinski definition) is 1. The van der Waals surface area contributed by atoms with Crippen molar-refractivity contribution in [3.8, 4) is 11.3 Å². The molecule has 2 aromatic heterocycles. The molecule has 2 heterocycles. The highest BCUT2D eigenvalue weighted by atomic mass is 15.0. The van der Waals surface area contributed by atoms with Gasteiger partial charge in [-0.25, -0.2) is 9.97 Å². The summed E-state index contributed by atoms with van der Waals surface area (Å²) in [5.74, 6) is 1.32. The van der Waals surface area contributed by atoms with Crippen molar-refractivity contribution >= 4 is 16.7 Å². The lowest BCUT2D eigenvalue weighted by Crippen LogP contribution is -2.04. The van der Waals surface area contributed by atoms with E-state index < -0.39 is 0 Å². The van der Waals surface area contributed by atoms with Crippen LogP contribution >= 0.6 is 0 Å². The SMILES string of the molecule is CCc1nc(N)c(C)c(-c2ccc3cccnc3c2)n1. The van der Waals surface area contributed by atoms with Crippen molar-refractivity contribution in [2.45, 2.75) is 20.3 Å². The zero-order valence-electron chi connectivity index (χ0n) is 11.6. The quantitative estimate of drug-likeness (QED) is 0.772. The molecule has 0 saturated carbocycles. The molecule has 20 heavy (non-hydrogen) atoms. The van der Waals surface area contributed by atoms with Crippen LogP contribution in [0.3, 0.4) is 0 Å². The third-order valence-electron chi connectivity index (χ3n) is 3.43. The Labute approximate surface area is 117 Å². The Morgan fingerprint density at radius 3 is 2.80 bits per heavy atom. The molecule has 0 saturated heterocycles. The van der Waals surface area contributed by atoms with Gasteiger partial charge in [-0.2, -0.15) is 0 Å². The molecular formula is C16H16N4. The second kappa shape index (κ2) is 4.89. The molecule has 0 bridgehead atoms. The van der Waals surface area contributed by atoms with E-state index in [0.29, 0.717) is 5.82 Å². The average Bonchev–Trinajstić information content (AvgIpc) is 2.49. The largest absolute Gasteiger partial charge is 0.383 e. The van der Waals surface area contributed by atoms with E-state index in [1.807, 2.05) is 32.0 Å². The third-order valence-corrected chi connectivity index (χ3v) is 3.43. The summed E-state index contributed by atoms with van der Waals surface area (Å²) >= 11 is 0. The molecule has 4 heteroatoms. The van der Waals surface area contributed by atoms with Crippen LogP contribution in [-0.2, 0) is 6.42 Å². The fourth-order valence-electron chi connectivity index (χ4n) is 2.24. The molecule has 100 valence electrons. The number of nitrogen functional groups attached to an aromatic ring is 1. The van der Waals surface area contributed by atoms with Gasteiger partial charge in [0.15, 0.2) is 0 Å². The molecule has 0 aliphatic carbocycles. The molecule has 4 nitrogen and oxygen atoms in total. The standard InChI is InChI=1S/C16H16N4/c1-3-14-19-15(10(2)16(17)20-14)12-7-6-11-5-4-8-18-13(11)9-12/h4-9H,3H2,1-2H3,(H2,17,19,20). The van der Waals surface area contributed by atoms with Crippen molar-refractivity contribution in [1.82, 2.24) is 15.0 Å². The third kappa shape index (κ3) is 2.09. The summed E-state index contributed by atoms with van der Waals surface area (Å²) in [6, 6.07) is 10.1. The predicted molar refractivity (Wildman–Crippen MR) is 81.3 cm³/mol. The summed E-state index contributed by atoms with van der Waals surface area (Å²) in [6.45, 7) is 3.97. The maximum Gasteiger partial charge on any atom is 0.131 e. The summed E-state index contributed by atoms with van der Waals surface area (Å²) in [5.41, 5.74) is 9.77. The van der Waals surface area contributed by atoms with Crippen LogP contribution in [-0.4, -0.2) is 15.0 Å². The van der Waals surface area contributed by atoms with Crippen LogP contribution in [0.4, 0.5) is 5.82 Å². The van der Waals surface area contributed by atoms with Crippen LogP contribution in [0.25, 0.3) is 22.2 Å². The van der Waals surface area contributed by atoms with Crippen molar-refractivity contribution in [3.63, 3.8) is 0 Å². The molecule has 3 rings (SSSR count). The Morgan fingerprint density at radius 2 is 2.00 bits per heavy atom. The van der Waals surface area contributed by atoms with Gasteiger partial charge in [0, 0.05) is 29.1 Å². The predicted octanol–water partition coefficient (Wildman–Crippen LogP) is 3.14. The van der Waals surface area contributed by atoms with Crippen molar-refractivity contribution in [3.05, 3.63) is 47.9 Å². The minimum atomic E-state index is 0.549. The fraction of sp³-hybridized carbons (Fsp3) is 0.188. The number of nitrogens with zero attached hydrogens (tertiary/aromatic N) is 3. The summed E-state index contributed by atoms with van der Waals surface area (Å²) in [5, 5.41) is 1.12. The highest BCUT2D eigenvalue weighted by molar-refractivity contribution is 5.84. The van der Waals surface area contributed by atoms with Gasteiger partial charge in [-0.05, 0) is 19.1 Å². The first-order valence-corrected chi connectivity index (χ1v) is 6.67. The molecule has 3 aromatic rings. The fourth-order valence-corrected chi connectivity index (χ4v) is 2.24. The van der Waals surface area contributed by atoms with Gasteiger partial charge in [-0.15, -0.1) is 0 Å². The molecule has 0 radical (unpaired) electrons. The molecular weight excluding hydrogens is 248 g/mol.